The number of hydrogen-bond acceptors (Lipinski definition) is 6. The maximum Gasteiger partial charge on any atom is 0.331 e. The first kappa shape index (κ1) is 23.8. The van der Waals surface area contributed by atoms with Gasteiger partial charge in [0.15, 0.2) is 0 Å². The molecule has 0 aliphatic heterocycles. The maximum absolute atomic E-state index is 11.4. The Balaban J connectivity index is 1.98. The molecule has 1 unspecified atom stereocenters. The molecule has 0 aliphatic carbocycles. The minimum Gasteiger partial charge on any atom is -0.382 e. The van der Waals surface area contributed by atoms with E-state index in [1.165, 1.54) is 19.1 Å². The summed E-state index contributed by atoms with van der Waals surface area (Å²) in [6, 6.07) is 21.9. The Bertz CT molecular complexity index is 1440. The monoisotopic (exact) mass is 471 g/mol. The van der Waals surface area contributed by atoms with Crippen LogP contribution in [0.15, 0.2) is 78.0 Å². The molecule has 1 N–H and O–H groups in total. The molecule has 1 heterocycles. The van der Waals surface area contributed by atoms with Crippen molar-refractivity contribution in [1.29, 1.82) is 0 Å². The number of hydrogen-bond donors (Lipinski definition) is 1. The molecular formula is C27H25N3O5. The van der Waals surface area contributed by atoms with Crippen LogP contribution in [0.25, 0.3) is 16.6 Å². The highest BCUT2D eigenvalue weighted by atomic mass is 16.7. The van der Waals surface area contributed by atoms with Crippen molar-refractivity contribution in [3.8, 4) is 5.69 Å². The van der Waals surface area contributed by atoms with Crippen LogP contribution in [0.1, 0.15) is 42.3 Å². The first-order chi connectivity index (χ1) is 16.8. The highest BCUT2D eigenvalue weighted by molar-refractivity contribution is 5.96. The molecule has 4 rings (SSSR count). The third kappa shape index (κ3) is 4.83. The number of oxime groups is 1. The lowest BCUT2D eigenvalue weighted by molar-refractivity contribution is -0.384. The van der Waals surface area contributed by atoms with Crippen molar-refractivity contribution in [2.45, 2.75) is 33.3 Å². The van der Waals surface area contributed by atoms with Gasteiger partial charge in [0.2, 0.25) is 0 Å². The van der Waals surface area contributed by atoms with E-state index in [4.69, 9.17) is 4.84 Å². The molecule has 0 aliphatic rings. The van der Waals surface area contributed by atoms with Gasteiger partial charge in [-0.15, -0.1) is 0 Å². The van der Waals surface area contributed by atoms with Crippen LogP contribution in [-0.2, 0) is 16.1 Å². The average Bonchev–Trinajstić information content (AvgIpc) is 3.17. The highest BCUT2D eigenvalue weighted by Gasteiger charge is 2.26. The molecule has 0 fully saturated rings. The molecule has 8 nitrogen and oxygen atoms in total. The van der Waals surface area contributed by atoms with Crippen molar-refractivity contribution in [1.82, 2.24) is 4.57 Å². The van der Waals surface area contributed by atoms with Crippen LogP contribution in [0, 0.1) is 17.0 Å². The van der Waals surface area contributed by atoms with Crippen LogP contribution in [0.5, 0.6) is 0 Å². The number of aromatic nitrogens is 1. The SMILES string of the molecule is CC(=O)O/N=C(\C)C(O)c1c(Cc2ccccc2C)n(-c2ccc([N+](=O)[O-])cc2)c2ccccc12. The molecule has 0 radical (unpaired) electrons. The molecule has 178 valence electrons. The Hall–Kier alpha value is -4.30. The zero-order valence-corrected chi connectivity index (χ0v) is 19.6. The second kappa shape index (κ2) is 9.90. The number of aliphatic hydroxyl groups excluding tert-OH is 1. The van der Waals surface area contributed by atoms with Gasteiger partial charge in [0, 0.05) is 47.8 Å². The zero-order valence-electron chi connectivity index (χ0n) is 19.6. The molecule has 35 heavy (non-hydrogen) atoms. The fourth-order valence-electron chi connectivity index (χ4n) is 4.20. The molecule has 0 amide bonds. The second-order valence-corrected chi connectivity index (χ2v) is 8.31. The van der Waals surface area contributed by atoms with E-state index in [0.717, 1.165) is 33.4 Å². The Labute approximate surface area is 202 Å². The molecule has 0 spiro atoms. The number of para-hydroxylation sites is 1. The van der Waals surface area contributed by atoms with Crippen molar-refractivity contribution < 1.29 is 19.7 Å². The van der Waals surface area contributed by atoms with Crippen molar-refractivity contribution >= 4 is 28.3 Å². The fourth-order valence-corrected chi connectivity index (χ4v) is 4.20. The van der Waals surface area contributed by atoms with E-state index < -0.39 is 17.0 Å². The van der Waals surface area contributed by atoms with Gasteiger partial charge in [-0.2, -0.15) is 0 Å². The van der Waals surface area contributed by atoms with Crippen molar-refractivity contribution in [2.75, 3.05) is 0 Å². The fraction of sp³-hybridized carbons (Fsp3) is 0.185. The van der Waals surface area contributed by atoms with Crippen LogP contribution in [0.4, 0.5) is 5.69 Å². The summed E-state index contributed by atoms with van der Waals surface area (Å²) in [5.41, 5.74) is 5.39. The minimum absolute atomic E-state index is 0.00437. The van der Waals surface area contributed by atoms with E-state index >= 15 is 0 Å². The van der Waals surface area contributed by atoms with Gasteiger partial charge in [-0.1, -0.05) is 47.6 Å². The lowest BCUT2D eigenvalue weighted by Crippen LogP contribution is -2.13. The summed E-state index contributed by atoms with van der Waals surface area (Å²) < 4.78 is 2.00. The number of carbonyl (C=O) groups excluding carboxylic acids is 1. The Morgan fingerprint density at radius 1 is 1.06 bits per heavy atom. The van der Waals surface area contributed by atoms with Crippen LogP contribution in [0.3, 0.4) is 0 Å². The topological polar surface area (TPSA) is 107 Å². The normalized spacial score (nSPS) is 12.5. The largest absolute Gasteiger partial charge is 0.382 e. The molecule has 8 heteroatoms. The molecule has 3 aromatic carbocycles. The third-order valence-electron chi connectivity index (χ3n) is 5.94. The average molecular weight is 472 g/mol. The minimum atomic E-state index is -1.14. The van der Waals surface area contributed by atoms with Gasteiger partial charge in [-0.3, -0.25) is 10.1 Å². The number of rotatable bonds is 7. The first-order valence-corrected chi connectivity index (χ1v) is 11.1. The number of aryl methyl sites for hydroxylation is 1. The van der Waals surface area contributed by atoms with Crippen LogP contribution >= 0.6 is 0 Å². The number of non-ortho nitro benzene ring substituents is 1. The van der Waals surface area contributed by atoms with Crippen molar-refractivity contribution in [2.24, 2.45) is 5.16 Å². The van der Waals surface area contributed by atoms with Gasteiger partial charge in [0.1, 0.15) is 6.10 Å². The number of fused-ring (bicyclic) bond motifs is 1. The van der Waals surface area contributed by atoms with Crippen molar-refractivity contribution in [3.63, 3.8) is 0 Å². The molecule has 0 saturated carbocycles. The highest BCUT2D eigenvalue weighted by Crippen LogP contribution is 2.36. The van der Waals surface area contributed by atoms with E-state index in [1.54, 1.807) is 19.1 Å². The standard InChI is InChI=1S/C27H25N3O5/c1-17-8-4-5-9-20(17)16-25-26(27(32)18(2)28-35-19(3)31)23-10-6-7-11-24(23)29(25)21-12-14-22(15-13-21)30(33)34/h4-15,27,32H,16H2,1-3H3/b28-18+. The summed E-state index contributed by atoms with van der Waals surface area (Å²) in [6.07, 6.45) is -0.649. The lowest BCUT2D eigenvalue weighted by Gasteiger charge is -2.17. The predicted octanol–water partition coefficient (Wildman–Crippen LogP) is 5.41. The Morgan fingerprint density at radius 3 is 2.37 bits per heavy atom. The quantitative estimate of drug-likeness (QED) is 0.168. The molecule has 4 aromatic rings. The van der Waals surface area contributed by atoms with Gasteiger partial charge >= 0.3 is 5.97 Å². The molecule has 0 bridgehead atoms. The smallest absolute Gasteiger partial charge is 0.331 e. The zero-order chi connectivity index (χ0) is 25.1. The number of aliphatic hydroxyl groups is 1. The van der Waals surface area contributed by atoms with Crippen molar-refractivity contribution in [3.05, 3.63) is 105 Å². The Morgan fingerprint density at radius 2 is 1.71 bits per heavy atom. The van der Waals surface area contributed by atoms with Crippen LogP contribution in [0.2, 0.25) is 0 Å². The predicted molar refractivity (Wildman–Crippen MR) is 134 cm³/mol. The summed E-state index contributed by atoms with van der Waals surface area (Å²) in [4.78, 5) is 26.8. The number of carbonyl (C=O) groups is 1. The molecular weight excluding hydrogens is 446 g/mol. The Kier molecular flexibility index (Phi) is 6.75. The second-order valence-electron chi connectivity index (χ2n) is 8.31. The van der Waals surface area contributed by atoms with Gasteiger partial charge < -0.3 is 14.5 Å². The van der Waals surface area contributed by atoms with E-state index in [9.17, 15) is 20.0 Å². The van der Waals surface area contributed by atoms with E-state index in [-0.39, 0.29) is 11.4 Å². The summed E-state index contributed by atoms with van der Waals surface area (Å²) in [7, 11) is 0. The van der Waals surface area contributed by atoms with E-state index in [0.29, 0.717) is 12.0 Å². The molecule has 1 atom stereocenters. The molecule has 0 saturated heterocycles. The lowest BCUT2D eigenvalue weighted by atomic mass is 9.96. The molecule has 1 aromatic heterocycles. The third-order valence-corrected chi connectivity index (χ3v) is 5.94. The summed E-state index contributed by atoms with van der Waals surface area (Å²) >= 11 is 0. The number of nitrogens with zero attached hydrogens (tertiary/aromatic N) is 3. The summed E-state index contributed by atoms with van der Waals surface area (Å²) in [5, 5.41) is 27.2. The number of nitro benzene ring substituents is 1. The van der Waals surface area contributed by atoms with E-state index in [2.05, 4.69) is 5.16 Å². The maximum atomic E-state index is 11.4. The summed E-state index contributed by atoms with van der Waals surface area (Å²) in [5.74, 6) is -0.579. The number of nitro groups is 1. The number of benzene rings is 3. The van der Waals surface area contributed by atoms with Gasteiger partial charge in [-0.25, -0.2) is 4.79 Å². The van der Waals surface area contributed by atoms with Gasteiger partial charge in [0.25, 0.3) is 5.69 Å². The van der Waals surface area contributed by atoms with Crippen LogP contribution in [-0.4, -0.2) is 26.3 Å². The van der Waals surface area contributed by atoms with Gasteiger partial charge in [-0.05, 0) is 43.2 Å². The first-order valence-electron chi connectivity index (χ1n) is 11.1. The summed E-state index contributed by atoms with van der Waals surface area (Å²) in [6.45, 7) is 4.87. The van der Waals surface area contributed by atoms with Gasteiger partial charge in [0.05, 0.1) is 16.2 Å². The van der Waals surface area contributed by atoms with Crippen LogP contribution < -0.4 is 0 Å². The van der Waals surface area contributed by atoms with E-state index in [1.807, 2.05) is 60.0 Å².